The number of H-pyrrole nitrogens is 1. The van der Waals surface area contributed by atoms with E-state index in [1.54, 1.807) is 12.5 Å². The van der Waals surface area contributed by atoms with Gasteiger partial charge in [-0.2, -0.15) is 5.10 Å². The Balaban J connectivity index is 1.66. The monoisotopic (exact) mass is 259 g/mol. The summed E-state index contributed by atoms with van der Waals surface area (Å²) >= 11 is 0. The first-order valence-corrected chi connectivity index (χ1v) is 6.70. The predicted molar refractivity (Wildman–Crippen MR) is 70.7 cm³/mol. The maximum Gasteiger partial charge on any atom is 0.160 e. The second kappa shape index (κ2) is 3.66. The number of hydrogen-bond donors (Lipinski definition) is 2. The first-order chi connectivity index (χ1) is 9.18. The van der Waals surface area contributed by atoms with Crippen molar-refractivity contribution in [1.29, 1.82) is 0 Å². The quantitative estimate of drug-likeness (QED) is 0.856. The lowest BCUT2D eigenvalue weighted by Crippen LogP contribution is -2.63. The van der Waals surface area contributed by atoms with Crippen LogP contribution in [0.15, 0.2) is 12.5 Å². The first kappa shape index (κ1) is 11.2. The lowest BCUT2D eigenvalue weighted by Gasteiger charge is -2.54. The Kier molecular flexibility index (Phi) is 2.15. The molecule has 0 radical (unpaired) electrons. The van der Waals surface area contributed by atoms with E-state index in [0.29, 0.717) is 18.1 Å². The fraction of sp³-hybridized carbons (Fsp3) is 0.615. The number of hydrogen-bond acceptors (Lipinski definition) is 5. The molecule has 0 bridgehead atoms. The smallest absolute Gasteiger partial charge is 0.160 e. The highest BCUT2D eigenvalue weighted by molar-refractivity contribution is 5.85. The lowest BCUT2D eigenvalue weighted by atomic mass is 9.57. The van der Waals surface area contributed by atoms with Crippen molar-refractivity contribution in [2.45, 2.75) is 32.4 Å². The highest BCUT2D eigenvalue weighted by atomic mass is 16.5. The molecule has 2 aliphatic rings. The fourth-order valence-electron chi connectivity index (χ4n) is 3.64. The molecule has 3 atom stereocenters. The molecule has 2 N–H and O–H groups in total. The Morgan fingerprint density at radius 1 is 1.42 bits per heavy atom. The van der Waals surface area contributed by atoms with Gasteiger partial charge in [0.05, 0.1) is 17.7 Å². The summed E-state index contributed by atoms with van der Waals surface area (Å²) < 4.78 is 5.82. The fourth-order valence-corrected chi connectivity index (χ4v) is 3.64. The molecule has 2 aromatic rings. The summed E-state index contributed by atoms with van der Waals surface area (Å²) in [6.45, 7) is 5.39. The highest BCUT2D eigenvalue weighted by Gasteiger charge is 2.59. The standard InChI is InChI=1S/C13H17N5O/c1-13(2)9(7-3-4-19-10(7)13)17-11-8-5-16-18-12(8)15-6-14-11/h5-7,9-10H,3-4H2,1-2H3,(H2,14,15,16,17,18)/t7-,9+,10+/m0/s1. The van der Waals surface area contributed by atoms with Gasteiger partial charge in [0.1, 0.15) is 12.1 Å². The van der Waals surface area contributed by atoms with Crippen LogP contribution in [0.25, 0.3) is 11.0 Å². The normalized spacial score (nSPS) is 32.0. The van der Waals surface area contributed by atoms with Gasteiger partial charge in [0.25, 0.3) is 0 Å². The molecule has 1 saturated heterocycles. The van der Waals surface area contributed by atoms with Crippen molar-refractivity contribution in [3.63, 3.8) is 0 Å². The van der Waals surface area contributed by atoms with E-state index in [4.69, 9.17) is 4.74 Å². The zero-order valence-electron chi connectivity index (χ0n) is 11.1. The van der Waals surface area contributed by atoms with Crippen LogP contribution in [-0.4, -0.2) is 38.9 Å². The Morgan fingerprint density at radius 2 is 2.32 bits per heavy atom. The molecule has 100 valence electrons. The lowest BCUT2D eigenvalue weighted by molar-refractivity contribution is -0.0923. The number of anilines is 1. The van der Waals surface area contributed by atoms with E-state index >= 15 is 0 Å². The highest BCUT2D eigenvalue weighted by Crippen LogP contribution is 2.53. The SMILES string of the molecule is CC1(C)[C@H](Nc2ncnc3[nH]ncc23)[C@@H]2CCO[C@H]21. The minimum absolute atomic E-state index is 0.141. The van der Waals surface area contributed by atoms with Crippen LogP contribution in [0.2, 0.25) is 0 Å². The van der Waals surface area contributed by atoms with Crippen molar-refractivity contribution in [1.82, 2.24) is 20.2 Å². The third-order valence-corrected chi connectivity index (χ3v) is 4.64. The van der Waals surface area contributed by atoms with E-state index in [2.05, 4.69) is 39.3 Å². The summed E-state index contributed by atoms with van der Waals surface area (Å²) in [5.41, 5.74) is 0.913. The van der Waals surface area contributed by atoms with Crippen LogP contribution >= 0.6 is 0 Å². The summed E-state index contributed by atoms with van der Waals surface area (Å²) in [6.07, 6.45) is 4.85. The van der Waals surface area contributed by atoms with Gasteiger partial charge in [-0.05, 0) is 6.42 Å². The molecule has 0 spiro atoms. The molecule has 6 heteroatoms. The Labute approximate surface area is 111 Å². The third-order valence-electron chi connectivity index (χ3n) is 4.64. The van der Waals surface area contributed by atoms with Gasteiger partial charge in [-0.1, -0.05) is 13.8 Å². The van der Waals surface area contributed by atoms with Crippen LogP contribution < -0.4 is 5.32 Å². The van der Waals surface area contributed by atoms with Crippen LogP contribution in [0.4, 0.5) is 5.82 Å². The number of aromatic nitrogens is 4. The Morgan fingerprint density at radius 3 is 3.21 bits per heavy atom. The van der Waals surface area contributed by atoms with Crippen LogP contribution in [0.3, 0.4) is 0 Å². The van der Waals surface area contributed by atoms with Crippen molar-refractivity contribution in [2.24, 2.45) is 11.3 Å². The van der Waals surface area contributed by atoms with Crippen molar-refractivity contribution < 1.29 is 4.74 Å². The molecule has 0 unspecified atom stereocenters. The van der Waals surface area contributed by atoms with Gasteiger partial charge in [-0.3, -0.25) is 5.10 Å². The van der Waals surface area contributed by atoms with E-state index < -0.39 is 0 Å². The maximum atomic E-state index is 5.82. The van der Waals surface area contributed by atoms with Gasteiger partial charge in [0, 0.05) is 24.0 Å². The minimum atomic E-state index is 0.141. The van der Waals surface area contributed by atoms with Gasteiger partial charge < -0.3 is 10.1 Å². The average Bonchev–Trinajstić information content (AvgIpc) is 3.03. The van der Waals surface area contributed by atoms with Crippen molar-refractivity contribution in [3.05, 3.63) is 12.5 Å². The molecule has 1 saturated carbocycles. The molecule has 2 aromatic heterocycles. The zero-order valence-corrected chi connectivity index (χ0v) is 11.1. The van der Waals surface area contributed by atoms with Gasteiger partial charge in [-0.25, -0.2) is 9.97 Å². The molecular formula is C13H17N5O. The van der Waals surface area contributed by atoms with Gasteiger partial charge in [0.15, 0.2) is 5.65 Å². The summed E-state index contributed by atoms with van der Waals surface area (Å²) in [5.74, 6) is 1.45. The molecule has 2 fully saturated rings. The van der Waals surface area contributed by atoms with Crippen LogP contribution in [0.1, 0.15) is 20.3 Å². The zero-order chi connectivity index (χ0) is 13.0. The molecule has 6 nitrogen and oxygen atoms in total. The number of ether oxygens (including phenoxy) is 1. The number of nitrogens with zero attached hydrogens (tertiary/aromatic N) is 3. The van der Waals surface area contributed by atoms with Crippen LogP contribution in [0, 0.1) is 11.3 Å². The summed E-state index contributed by atoms with van der Waals surface area (Å²) in [4.78, 5) is 8.52. The number of rotatable bonds is 2. The third kappa shape index (κ3) is 1.43. The Bertz CT molecular complexity index is 622. The first-order valence-electron chi connectivity index (χ1n) is 6.70. The van der Waals surface area contributed by atoms with Gasteiger partial charge in [0.2, 0.25) is 0 Å². The summed E-state index contributed by atoms with van der Waals surface area (Å²) in [7, 11) is 0. The minimum Gasteiger partial charge on any atom is -0.377 e. The molecule has 4 rings (SSSR count). The molecule has 1 aliphatic carbocycles. The summed E-state index contributed by atoms with van der Waals surface area (Å²) in [6, 6.07) is 0.396. The molecule has 19 heavy (non-hydrogen) atoms. The van der Waals surface area contributed by atoms with E-state index in [1.165, 1.54) is 0 Å². The van der Waals surface area contributed by atoms with Crippen molar-refractivity contribution >= 4 is 16.9 Å². The van der Waals surface area contributed by atoms with Gasteiger partial charge in [-0.15, -0.1) is 0 Å². The number of nitrogens with one attached hydrogen (secondary N) is 2. The number of fused-ring (bicyclic) bond motifs is 2. The number of aromatic amines is 1. The van der Waals surface area contributed by atoms with E-state index in [0.717, 1.165) is 29.9 Å². The average molecular weight is 259 g/mol. The van der Waals surface area contributed by atoms with Gasteiger partial charge >= 0.3 is 0 Å². The second-order valence-electron chi connectivity index (χ2n) is 6.04. The molecule has 0 aromatic carbocycles. The molecule has 1 aliphatic heterocycles. The van der Waals surface area contributed by atoms with Crippen molar-refractivity contribution in [2.75, 3.05) is 11.9 Å². The molecular weight excluding hydrogens is 242 g/mol. The molecule has 3 heterocycles. The maximum absolute atomic E-state index is 5.82. The van der Waals surface area contributed by atoms with E-state index in [-0.39, 0.29) is 5.41 Å². The van der Waals surface area contributed by atoms with Crippen LogP contribution in [-0.2, 0) is 4.74 Å². The van der Waals surface area contributed by atoms with Crippen molar-refractivity contribution in [3.8, 4) is 0 Å². The topological polar surface area (TPSA) is 75.7 Å². The predicted octanol–water partition coefficient (Wildman–Crippen LogP) is 1.58. The summed E-state index contributed by atoms with van der Waals surface area (Å²) in [5, 5.41) is 11.4. The largest absolute Gasteiger partial charge is 0.377 e. The second-order valence-corrected chi connectivity index (χ2v) is 6.04. The molecule has 0 amide bonds. The van der Waals surface area contributed by atoms with E-state index in [9.17, 15) is 0 Å². The van der Waals surface area contributed by atoms with Crippen LogP contribution in [0.5, 0.6) is 0 Å². The Hall–Kier alpha value is -1.69. The van der Waals surface area contributed by atoms with E-state index in [1.807, 2.05) is 0 Å².